The lowest BCUT2D eigenvalue weighted by atomic mass is 10.0. The molecule has 1 saturated heterocycles. The van der Waals surface area contributed by atoms with Crippen molar-refractivity contribution in [1.82, 2.24) is 9.88 Å². The average molecular weight is 315 g/mol. The van der Waals surface area contributed by atoms with Crippen LogP contribution in [0.1, 0.15) is 37.1 Å². The zero-order valence-corrected chi connectivity index (χ0v) is 13.9. The maximum absolute atomic E-state index is 9.28. The molecule has 0 amide bonds. The van der Waals surface area contributed by atoms with Crippen molar-refractivity contribution in [3.8, 4) is 17.3 Å². The van der Waals surface area contributed by atoms with E-state index in [0.717, 1.165) is 37.0 Å². The number of H-pyrrole nitrogens is 1. The summed E-state index contributed by atoms with van der Waals surface area (Å²) < 4.78 is 0. The largest absolute Gasteiger partial charge is 0.357 e. The lowest BCUT2D eigenvalue weighted by Gasteiger charge is -2.16. The van der Waals surface area contributed by atoms with Gasteiger partial charge in [-0.25, -0.2) is 0 Å². The van der Waals surface area contributed by atoms with Gasteiger partial charge in [0, 0.05) is 17.8 Å². The maximum Gasteiger partial charge on any atom is 0.179 e. The quantitative estimate of drug-likeness (QED) is 0.690. The zero-order chi connectivity index (χ0) is 16.5. The van der Waals surface area contributed by atoms with Crippen molar-refractivity contribution >= 4 is 10.9 Å². The summed E-state index contributed by atoms with van der Waals surface area (Å²) in [5, 5.41) is 10.5. The van der Waals surface area contributed by atoms with Crippen LogP contribution in [0.2, 0.25) is 0 Å². The monoisotopic (exact) mass is 315 g/mol. The number of fused-ring (bicyclic) bond motifs is 1. The lowest BCUT2D eigenvalue weighted by Crippen LogP contribution is -2.17. The maximum atomic E-state index is 9.28. The summed E-state index contributed by atoms with van der Waals surface area (Å²) in [4.78, 5) is 5.43. The van der Waals surface area contributed by atoms with Crippen LogP contribution in [0.15, 0.2) is 48.5 Å². The molecule has 3 nitrogen and oxygen atoms in total. The third-order valence-corrected chi connectivity index (χ3v) is 5.05. The van der Waals surface area contributed by atoms with Crippen molar-refractivity contribution in [1.29, 1.82) is 5.26 Å². The molecule has 2 heterocycles. The van der Waals surface area contributed by atoms with Gasteiger partial charge in [0.15, 0.2) is 6.19 Å². The first-order valence-corrected chi connectivity index (χ1v) is 8.67. The van der Waals surface area contributed by atoms with Gasteiger partial charge in [-0.1, -0.05) is 43.3 Å². The van der Waals surface area contributed by atoms with Crippen LogP contribution in [0.3, 0.4) is 0 Å². The fourth-order valence-corrected chi connectivity index (χ4v) is 3.69. The molecule has 24 heavy (non-hydrogen) atoms. The molecule has 0 saturated carbocycles. The van der Waals surface area contributed by atoms with Crippen LogP contribution < -0.4 is 0 Å². The summed E-state index contributed by atoms with van der Waals surface area (Å²) in [5.74, 6) is 0. The standard InChI is InChI=1S/C21H21N3/c1-2-15-5-3-6-16(11-15)17-8-9-18-13-20(23-19(18)12-17)21-7-4-10-24(21)14-22/h3,5-6,8-9,11-13,21,23H,2,4,7,10H2,1H3/t21-/m0/s1. The molecule has 0 aliphatic carbocycles. The van der Waals surface area contributed by atoms with Crippen LogP contribution in [-0.2, 0) is 6.42 Å². The molecule has 3 aromatic rings. The second-order valence-corrected chi connectivity index (χ2v) is 6.53. The van der Waals surface area contributed by atoms with Crippen molar-refractivity contribution in [2.45, 2.75) is 32.2 Å². The van der Waals surface area contributed by atoms with E-state index in [1.54, 1.807) is 0 Å². The van der Waals surface area contributed by atoms with Gasteiger partial charge in [0.1, 0.15) is 0 Å². The van der Waals surface area contributed by atoms with E-state index in [1.807, 2.05) is 4.90 Å². The number of aromatic amines is 1. The Morgan fingerprint density at radius 3 is 2.88 bits per heavy atom. The highest BCUT2D eigenvalue weighted by Crippen LogP contribution is 2.33. The number of hydrogen-bond acceptors (Lipinski definition) is 2. The van der Waals surface area contributed by atoms with E-state index in [-0.39, 0.29) is 6.04 Å². The predicted molar refractivity (Wildman–Crippen MR) is 97.4 cm³/mol. The fraction of sp³-hybridized carbons (Fsp3) is 0.286. The van der Waals surface area contributed by atoms with Gasteiger partial charge in [-0.2, -0.15) is 5.26 Å². The third-order valence-electron chi connectivity index (χ3n) is 5.05. The summed E-state index contributed by atoms with van der Waals surface area (Å²) in [6.45, 7) is 3.05. The minimum atomic E-state index is 0.203. The molecule has 3 heteroatoms. The van der Waals surface area contributed by atoms with Gasteiger partial charge in [-0.3, -0.25) is 0 Å². The van der Waals surface area contributed by atoms with E-state index in [1.165, 1.54) is 22.1 Å². The van der Waals surface area contributed by atoms with Crippen LogP contribution >= 0.6 is 0 Å². The number of aromatic nitrogens is 1. The molecular formula is C21H21N3. The molecule has 1 atom stereocenters. The molecule has 1 aliphatic heterocycles. The Bertz CT molecular complexity index is 916. The first-order chi connectivity index (χ1) is 11.8. The number of rotatable bonds is 3. The molecule has 1 aromatic heterocycles. The minimum Gasteiger partial charge on any atom is -0.357 e. The van der Waals surface area contributed by atoms with E-state index >= 15 is 0 Å². The van der Waals surface area contributed by atoms with E-state index in [0.29, 0.717) is 0 Å². The van der Waals surface area contributed by atoms with E-state index in [4.69, 9.17) is 0 Å². The topological polar surface area (TPSA) is 42.8 Å². The molecule has 4 rings (SSSR count). The lowest BCUT2D eigenvalue weighted by molar-refractivity contribution is 0.369. The number of nitrogens with one attached hydrogen (secondary N) is 1. The molecule has 1 fully saturated rings. The second kappa shape index (κ2) is 6.05. The Morgan fingerprint density at radius 1 is 1.17 bits per heavy atom. The van der Waals surface area contributed by atoms with Crippen LogP contribution in [0.4, 0.5) is 0 Å². The molecule has 0 radical (unpaired) electrons. The highest BCUT2D eigenvalue weighted by molar-refractivity contribution is 5.85. The first kappa shape index (κ1) is 14.8. The molecule has 2 aromatic carbocycles. The van der Waals surface area contributed by atoms with Gasteiger partial charge in [-0.15, -0.1) is 0 Å². The smallest absolute Gasteiger partial charge is 0.179 e. The summed E-state index contributed by atoms with van der Waals surface area (Å²) in [6.07, 6.45) is 5.50. The van der Waals surface area contributed by atoms with E-state index in [2.05, 4.69) is 66.6 Å². The minimum absolute atomic E-state index is 0.203. The van der Waals surface area contributed by atoms with Gasteiger partial charge in [0.05, 0.1) is 6.04 Å². The van der Waals surface area contributed by atoms with E-state index < -0.39 is 0 Å². The van der Waals surface area contributed by atoms with Crippen molar-refractivity contribution in [2.75, 3.05) is 6.54 Å². The number of hydrogen-bond donors (Lipinski definition) is 1. The van der Waals surface area contributed by atoms with Crippen molar-refractivity contribution in [2.24, 2.45) is 0 Å². The van der Waals surface area contributed by atoms with Gasteiger partial charge in [-0.05, 0) is 53.5 Å². The molecule has 0 spiro atoms. The Labute approximate surface area is 142 Å². The van der Waals surface area contributed by atoms with Crippen molar-refractivity contribution < 1.29 is 0 Å². The summed E-state index contributed by atoms with van der Waals surface area (Å²) >= 11 is 0. The second-order valence-electron chi connectivity index (χ2n) is 6.53. The van der Waals surface area contributed by atoms with Crippen molar-refractivity contribution in [3.05, 3.63) is 59.8 Å². The molecule has 0 unspecified atom stereocenters. The highest BCUT2D eigenvalue weighted by atomic mass is 15.2. The first-order valence-electron chi connectivity index (χ1n) is 8.67. The highest BCUT2D eigenvalue weighted by Gasteiger charge is 2.26. The molecule has 1 aliphatic rings. The molecule has 0 bridgehead atoms. The fourth-order valence-electron chi connectivity index (χ4n) is 3.69. The van der Waals surface area contributed by atoms with Gasteiger partial charge in [0.2, 0.25) is 0 Å². The number of aryl methyl sites for hydroxylation is 1. The van der Waals surface area contributed by atoms with Crippen LogP contribution in [0, 0.1) is 11.5 Å². The average Bonchev–Trinajstić information content (AvgIpc) is 3.26. The van der Waals surface area contributed by atoms with Crippen LogP contribution in [0.25, 0.3) is 22.0 Å². The Morgan fingerprint density at radius 2 is 2.04 bits per heavy atom. The number of benzene rings is 2. The van der Waals surface area contributed by atoms with Crippen LogP contribution in [0.5, 0.6) is 0 Å². The summed E-state index contributed by atoms with van der Waals surface area (Å²) in [6, 6.07) is 17.7. The predicted octanol–water partition coefficient (Wildman–Crippen LogP) is 5.02. The van der Waals surface area contributed by atoms with Crippen molar-refractivity contribution in [3.63, 3.8) is 0 Å². The van der Waals surface area contributed by atoms with Gasteiger partial charge in [0.25, 0.3) is 0 Å². The van der Waals surface area contributed by atoms with Gasteiger partial charge >= 0.3 is 0 Å². The van der Waals surface area contributed by atoms with E-state index in [9.17, 15) is 5.26 Å². The molecule has 1 N–H and O–H groups in total. The number of likely N-dealkylation sites (tertiary alicyclic amines) is 1. The third kappa shape index (κ3) is 2.55. The normalized spacial score (nSPS) is 17.3. The SMILES string of the molecule is CCc1cccc(-c2ccc3cc([C@@H]4CCCN4C#N)[nH]c3c2)c1. The number of nitriles is 1. The Hall–Kier alpha value is -2.73. The number of nitrogens with zero attached hydrogens (tertiary/aromatic N) is 2. The molecular weight excluding hydrogens is 294 g/mol. The summed E-state index contributed by atoms with van der Waals surface area (Å²) in [5.41, 5.74) is 6.15. The zero-order valence-electron chi connectivity index (χ0n) is 13.9. The van der Waals surface area contributed by atoms with Crippen LogP contribution in [-0.4, -0.2) is 16.4 Å². The Balaban J connectivity index is 1.72. The van der Waals surface area contributed by atoms with Gasteiger partial charge < -0.3 is 9.88 Å². The molecule has 120 valence electrons. The summed E-state index contributed by atoms with van der Waals surface area (Å²) in [7, 11) is 0. The Kier molecular flexibility index (Phi) is 3.74.